The van der Waals surface area contributed by atoms with Gasteiger partial charge in [-0.3, -0.25) is 4.57 Å². The molecule has 8 heteroatoms. The number of anilines is 1. The summed E-state index contributed by atoms with van der Waals surface area (Å²) >= 11 is 0. The minimum atomic E-state index is -0.539. The van der Waals surface area contributed by atoms with Crippen molar-refractivity contribution in [3.8, 4) is 17.8 Å². The van der Waals surface area contributed by atoms with Crippen molar-refractivity contribution in [1.29, 1.82) is 10.5 Å². The lowest BCUT2D eigenvalue weighted by molar-refractivity contribution is 0.507. The topological polar surface area (TPSA) is 108 Å². The molecule has 5 rings (SSSR count). The molecule has 0 saturated carbocycles. The van der Waals surface area contributed by atoms with Crippen LogP contribution in [0.1, 0.15) is 36.6 Å². The number of aromatic nitrogens is 3. The molecule has 0 bridgehead atoms. The van der Waals surface area contributed by atoms with E-state index >= 15 is 0 Å². The molecule has 164 valence electrons. The van der Waals surface area contributed by atoms with Gasteiger partial charge in [-0.1, -0.05) is 6.08 Å². The van der Waals surface area contributed by atoms with Crippen molar-refractivity contribution in [3.63, 3.8) is 0 Å². The number of nitrogens with zero attached hydrogens (tertiary/aromatic N) is 6. The first-order chi connectivity index (χ1) is 16.1. The number of hydrogen-bond acceptors (Lipinski definition) is 6. The summed E-state index contributed by atoms with van der Waals surface area (Å²) in [4.78, 5) is 11.8. The van der Waals surface area contributed by atoms with Gasteiger partial charge in [-0.05, 0) is 55.7 Å². The van der Waals surface area contributed by atoms with Gasteiger partial charge in [-0.2, -0.15) is 10.5 Å². The van der Waals surface area contributed by atoms with Crippen LogP contribution in [0.2, 0.25) is 0 Å². The van der Waals surface area contributed by atoms with E-state index in [9.17, 15) is 9.65 Å². The number of benzene rings is 1. The normalized spacial score (nSPS) is 20.7. The number of halogens is 1. The highest BCUT2D eigenvalue weighted by molar-refractivity contribution is 5.88. The number of nitriles is 2. The second-order valence-corrected chi connectivity index (χ2v) is 8.40. The molecular formula is C25H22FN7. The smallest absolute Gasteiger partial charge is 0.166 e. The van der Waals surface area contributed by atoms with Crippen molar-refractivity contribution >= 4 is 16.9 Å². The first kappa shape index (κ1) is 20.9. The van der Waals surface area contributed by atoms with Gasteiger partial charge in [0, 0.05) is 36.9 Å². The van der Waals surface area contributed by atoms with Gasteiger partial charge in [-0.15, -0.1) is 0 Å². The monoisotopic (exact) mass is 439 g/mol. The number of fused-ring (bicyclic) bond motifs is 1. The van der Waals surface area contributed by atoms with Crippen molar-refractivity contribution in [2.24, 2.45) is 5.73 Å². The molecular weight excluding hydrogens is 417 g/mol. The van der Waals surface area contributed by atoms with Gasteiger partial charge in [-0.25, -0.2) is 14.4 Å². The summed E-state index contributed by atoms with van der Waals surface area (Å²) in [6, 6.07) is 13.2. The van der Waals surface area contributed by atoms with Crippen LogP contribution >= 0.6 is 0 Å². The molecule has 0 spiro atoms. The maximum atomic E-state index is 14.5. The van der Waals surface area contributed by atoms with Crippen molar-refractivity contribution < 1.29 is 4.39 Å². The molecule has 3 aromatic rings. The van der Waals surface area contributed by atoms with E-state index < -0.39 is 5.83 Å². The maximum absolute atomic E-state index is 14.5. The molecule has 1 aromatic carbocycles. The van der Waals surface area contributed by atoms with Gasteiger partial charge >= 0.3 is 0 Å². The number of rotatable bonds is 3. The minimum Gasteiger partial charge on any atom is -0.368 e. The van der Waals surface area contributed by atoms with Crippen molar-refractivity contribution in [3.05, 3.63) is 71.5 Å². The Balaban J connectivity index is 1.69. The van der Waals surface area contributed by atoms with E-state index in [2.05, 4.69) is 16.0 Å². The lowest BCUT2D eigenvalue weighted by Gasteiger charge is -2.32. The number of imidazole rings is 1. The molecule has 3 heterocycles. The predicted octanol–water partition coefficient (Wildman–Crippen LogP) is 4.01. The zero-order chi connectivity index (χ0) is 22.9. The Kier molecular flexibility index (Phi) is 5.37. The number of pyridine rings is 1. The maximum Gasteiger partial charge on any atom is 0.166 e. The Morgan fingerprint density at radius 3 is 2.64 bits per heavy atom. The highest BCUT2D eigenvalue weighted by Crippen LogP contribution is 2.36. The highest BCUT2D eigenvalue weighted by Gasteiger charge is 2.27. The van der Waals surface area contributed by atoms with E-state index in [0.29, 0.717) is 23.5 Å². The summed E-state index contributed by atoms with van der Waals surface area (Å²) in [6.45, 7) is 1.63. The zero-order valence-electron chi connectivity index (χ0n) is 17.9. The average molecular weight is 439 g/mol. The summed E-state index contributed by atoms with van der Waals surface area (Å²) in [5.74, 6) is -0.259. The Morgan fingerprint density at radius 1 is 1.12 bits per heavy atom. The molecule has 33 heavy (non-hydrogen) atoms. The Labute approximate surface area is 190 Å². The lowest BCUT2D eigenvalue weighted by Crippen LogP contribution is -2.42. The van der Waals surface area contributed by atoms with Crippen LogP contribution in [0.25, 0.3) is 16.9 Å². The van der Waals surface area contributed by atoms with E-state index in [-0.39, 0.29) is 17.5 Å². The lowest BCUT2D eigenvalue weighted by atomic mass is 9.95. The SMILES string of the molecule is N#CC1=CCC(c2nc3c(N4CCC[C@@H](N)C4)ccnc3n2-c2ccc(C#N)cc2)C=C1F. The molecule has 2 aliphatic rings. The van der Waals surface area contributed by atoms with Crippen LogP contribution in [0.4, 0.5) is 10.1 Å². The van der Waals surface area contributed by atoms with Gasteiger partial charge in [0.25, 0.3) is 0 Å². The summed E-state index contributed by atoms with van der Waals surface area (Å²) in [5, 5.41) is 18.3. The number of hydrogen-bond donors (Lipinski definition) is 1. The standard InChI is InChI=1S/C25H22FN7/c26-21-12-17(5-6-18(21)14-28)24-31-23-22(32-11-1-2-19(29)15-32)9-10-30-25(23)33(24)20-7-3-16(13-27)4-8-20/h3-4,6-10,12,17,19H,1-2,5,11,15,29H2/t17?,19-/m1/s1. The second-order valence-electron chi connectivity index (χ2n) is 8.40. The molecule has 2 aromatic heterocycles. The third-order valence-electron chi connectivity index (χ3n) is 6.24. The quantitative estimate of drug-likeness (QED) is 0.661. The molecule has 1 saturated heterocycles. The third kappa shape index (κ3) is 3.75. The van der Waals surface area contributed by atoms with Crippen LogP contribution in [0.3, 0.4) is 0 Å². The molecule has 7 nitrogen and oxygen atoms in total. The molecule has 2 N–H and O–H groups in total. The predicted molar refractivity (Wildman–Crippen MR) is 123 cm³/mol. The molecule has 2 atom stereocenters. The molecule has 1 aliphatic carbocycles. The average Bonchev–Trinajstić information content (AvgIpc) is 3.24. The fraction of sp³-hybridized carbons (Fsp3) is 0.280. The molecule has 0 amide bonds. The van der Waals surface area contributed by atoms with Crippen LogP contribution in [-0.4, -0.2) is 33.7 Å². The Bertz CT molecular complexity index is 1350. The summed E-state index contributed by atoms with van der Waals surface area (Å²) in [6.07, 6.45) is 7.28. The van der Waals surface area contributed by atoms with E-state index in [0.717, 1.165) is 42.8 Å². The van der Waals surface area contributed by atoms with E-state index in [1.807, 2.05) is 28.8 Å². The van der Waals surface area contributed by atoms with Gasteiger partial charge in [0.2, 0.25) is 0 Å². The van der Waals surface area contributed by atoms with Crippen molar-refractivity contribution in [1.82, 2.24) is 14.5 Å². The van der Waals surface area contributed by atoms with Crippen LogP contribution in [0.15, 0.2) is 60.1 Å². The zero-order valence-corrected chi connectivity index (χ0v) is 17.9. The number of nitrogens with two attached hydrogens (primary N) is 1. The number of allylic oxidation sites excluding steroid dienone is 4. The van der Waals surface area contributed by atoms with Gasteiger partial charge < -0.3 is 10.6 Å². The van der Waals surface area contributed by atoms with E-state index in [4.69, 9.17) is 16.0 Å². The van der Waals surface area contributed by atoms with Gasteiger partial charge in [0.15, 0.2) is 5.65 Å². The third-order valence-corrected chi connectivity index (χ3v) is 6.24. The van der Waals surface area contributed by atoms with E-state index in [1.165, 1.54) is 6.08 Å². The van der Waals surface area contributed by atoms with Crippen LogP contribution in [-0.2, 0) is 0 Å². The Hall–Kier alpha value is -4.01. The fourth-order valence-electron chi connectivity index (χ4n) is 4.61. The van der Waals surface area contributed by atoms with Gasteiger partial charge in [0.1, 0.15) is 23.2 Å². The van der Waals surface area contributed by atoms with E-state index in [1.54, 1.807) is 24.4 Å². The first-order valence-electron chi connectivity index (χ1n) is 11.0. The Morgan fingerprint density at radius 2 is 1.94 bits per heavy atom. The van der Waals surface area contributed by atoms with Crippen LogP contribution < -0.4 is 10.6 Å². The second kappa shape index (κ2) is 8.50. The summed E-state index contributed by atoms with van der Waals surface area (Å²) < 4.78 is 16.5. The summed E-state index contributed by atoms with van der Waals surface area (Å²) in [5.41, 5.74) is 9.96. The largest absolute Gasteiger partial charge is 0.368 e. The van der Waals surface area contributed by atoms with Crippen molar-refractivity contribution in [2.75, 3.05) is 18.0 Å². The molecule has 1 aliphatic heterocycles. The molecule has 1 unspecified atom stereocenters. The van der Waals surface area contributed by atoms with Crippen LogP contribution in [0.5, 0.6) is 0 Å². The van der Waals surface area contributed by atoms with Gasteiger partial charge in [0.05, 0.1) is 22.9 Å². The number of piperidine rings is 1. The first-order valence-corrected chi connectivity index (χ1v) is 11.0. The summed E-state index contributed by atoms with van der Waals surface area (Å²) in [7, 11) is 0. The van der Waals surface area contributed by atoms with Crippen molar-refractivity contribution in [2.45, 2.75) is 31.2 Å². The van der Waals surface area contributed by atoms with Crippen LogP contribution in [0, 0.1) is 22.7 Å². The highest BCUT2D eigenvalue weighted by atomic mass is 19.1. The fourth-order valence-corrected chi connectivity index (χ4v) is 4.61. The minimum absolute atomic E-state index is 0.0494. The molecule has 1 fully saturated rings. The molecule has 0 radical (unpaired) electrons.